The summed E-state index contributed by atoms with van der Waals surface area (Å²) in [6.45, 7) is 9.66. The Kier molecular flexibility index (Phi) is 3.27. The molecule has 0 aromatic carbocycles. The molecule has 3 heteroatoms. The fourth-order valence-corrected chi connectivity index (χ4v) is 0.420. The number of hydrogen-bond donors (Lipinski definition) is 1. The Labute approximate surface area is 65.3 Å². The molecule has 0 bridgehead atoms. The van der Waals surface area contributed by atoms with E-state index < -0.39 is 11.6 Å². The molecule has 0 aliphatic carbocycles. The topological polar surface area (TPSA) is 46.5 Å². The third-order valence-electron chi connectivity index (χ3n) is 1.14. The first kappa shape index (κ1) is 9.65. The summed E-state index contributed by atoms with van der Waals surface area (Å²) in [6, 6.07) is 0. The molecular weight excluding hydrogens is 144 g/mol. The van der Waals surface area contributed by atoms with Gasteiger partial charge in [-0.25, -0.2) is 4.79 Å². The first-order valence-corrected chi connectivity index (χ1v) is 2.92. The molecule has 11 heavy (non-hydrogen) atoms. The smallest absolute Gasteiger partial charge is 0.351 e. The van der Waals surface area contributed by atoms with E-state index in [1.807, 2.05) is 0 Å². The highest BCUT2D eigenvalue weighted by atomic mass is 16.5. The molecule has 0 aromatic heterocycles. The Morgan fingerprint density at radius 1 is 1.36 bits per heavy atom. The van der Waals surface area contributed by atoms with Crippen molar-refractivity contribution in [3.05, 3.63) is 38.2 Å². The zero-order chi connectivity index (χ0) is 8.91. The molecule has 0 saturated heterocycles. The van der Waals surface area contributed by atoms with Crippen molar-refractivity contribution in [2.75, 3.05) is 0 Å². The van der Waals surface area contributed by atoms with Crippen molar-refractivity contribution in [1.29, 1.82) is 0 Å². The third-order valence-corrected chi connectivity index (χ3v) is 1.14. The fraction of sp³-hybridized carbons (Fsp3) is 0.125. The van der Waals surface area contributed by atoms with Crippen LogP contribution in [0.4, 0.5) is 0 Å². The summed E-state index contributed by atoms with van der Waals surface area (Å²) in [5.74, 6) is -0.863. The summed E-state index contributed by atoms with van der Waals surface area (Å²) >= 11 is 0. The maximum absolute atomic E-state index is 10.8. The minimum atomic E-state index is -1.81. The highest BCUT2D eigenvalue weighted by Crippen LogP contribution is 2.09. The van der Waals surface area contributed by atoms with E-state index in [4.69, 9.17) is 0 Å². The van der Waals surface area contributed by atoms with E-state index in [9.17, 15) is 9.90 Å². The molecule has 0 amide bonds. The summed E-state index contributed by atoms with van der Waals surface area (Å²) in [5, 5.41) is 9.27. The molecule has 0 radical (unpaired) electrons. The second-order valence-electron chi connectivity index (χ2n) is 1.81. The summed E-state index contributed by atoms with van der Waals surface area (Å²) < 4.78 is 4.32. The monoisotopic (exact) mass is 154 g/mol. The SMILES string of the molecule is C=COC(=O)C(O)(C=C)C=C. The van der Waals surface area contributed by atoms with Crippen molar-refractivity contribution in [2.45, 2.75) is 5.60 Å². The highest BCUT2D eigenvalue weighted by Gasteiger charge is 2.29. The predicted octanol–water partition coefficient (Wildman–Crippen LogP) is 0.776. The molecule has 0 spiro atoms. The lowest BCUT2D eigenvalue weighted by atomic mass is 10.1. The third kappa shape index (κ3) is 2.05. The Hall–Kier alpha value is -1.35. The number of esters is 1. The minimum Gasteiger partial charge on any atom is -0.433 e. The van der Waals surface area contributed by atoms with Crippen molar-refractivity contribution in [1.82, 2.24) is 0 Å². The predicted molar refractivity (Wildman–Crippen MR) is 41.6 cm³/mol. The van der Waals surface area contributed by atoms with Crippen LogP contribution in [0.5, 0.6) is 0 Å². The van der Waals surface area contributed by atoms with E-state index in [0.29, 0.717) is 0 Å². The lowest BCUT2D eigenvalue weighted by Crippen LogP contribution is -2.34. The van der Waals surface area contributed by atoms with Gasteiger partial charge in [0.15, 0.2) is 5.60 Å². The minimum absolute atomic E-state index is 0.863. The lowest BCUT2D eigenvalue weighted by Gasteiger charge is -2.15. The fourth-order valence-electron chi connectivity index (χ4n) is 0.420. The van der Waals surface area contributed by atoms with Gasteiger partial charge in [0.2, 0.25) is 0 Å². The molecule has 0 heterocycles. The average molecular weight is 154 g/mol. The molecule has 1 N–H and O–H groups in total. The Bertz CT molecular complexity index is 186. The largest absolute Gasteiger partial charge is 0.433 e. The second kappa shape index (κ2) is 3.73. The van der Waals surface area contributed by atoms with Crippen LogP contribution in [0.2, 0.25) is 0 Å². The van der Waals surface area contributed by atoms with Crippen LogP contribution < -0.4 is 0 Å². The van der Waals surface area contributed by atoms with Gasteiger partial charge in [0, 0.05) is 0 Å². The van der Waals surface area contributed by atoms with Gasteiger partial charge < -0.3 is 9.84 Å². The van der Waals surface area contributed by atoms with Crippen LogP contribution in [-0.2, 0) is 9.53 Å². The number of aliphatic hydroxyl groups is 1. The van der Waals surface area contributed by atoms with Gasteiger partial charge in [0.05, 0.1) is 6.26 Å². The van der Waals surface area contributed by atoms with E-state index in [-0.39, 0.29) is 0 Å². The number of carbonyl (C=O) groups is 1. The first-order chi connectivity index (χ1) is 5.10. The van der Waals surface area contributed by atoms with E-state index in [0.717, 1.165) is 18.4 Å². The van der Waals surface area contributed by atoms with Crippen molar-refractivity contribution in [3.8, 4) is 0 Å². The summed E-state index contributed by atoms with van der Waals surface area (Å²) in [4.78, 5) is 10.8. The van der Waals surface area contributed by atoms with E-state index in [1.54, 1.807) is 0 Å². The van der Waals surface area contributed by atoms with Gasteiger partial charge in [-0.3, -0.25) is 0 Å². The molecule has 0 rings (SSSR count). The van der Waals surface area contributed by atoms with Crippen LogP contribution in [-0.4, -0.2) is 16.7 Å². The summed E-state index contributed by atoms with van der Waals surface area (Å²) in [6.07, 6.45) is 3.00. The van der Waals surface area contributed by atoms with Gasteiger partial charge in [-0.1, -0.05) is 19.7 Å². The molecule has 0 unspecified atom stereocenters. The maximum Gasteiger partial charge on any atom is 0.351 e. The van der Waals surface area contributed by atoms with Crippen molar-refractivity contribution >= 4 is 5.97 Å². The molecular formula is C8H10O3. The van der Waals surface area contributed by atoms with Gasteiger partial charge >= 0.3 is 5.97 Å². The van der Waals surface area contributed by atoms with Gasteiger partial charge in [-0.05, 0) is 12.2 Å². The Morgan fingerprint density at radius 3 is 2.09 bits per heavy atom. The molecule has 0 aromatic rings. The Balaban J connectivity index is 4.48. The van der Waals surface area contributed by atoms with E-state index in [1.165, 1.54) is 0 Å². The summed E-state index contributed by atoms with van der Waals surface area (Å²) in [7, 11) is 0. The normalized spacial score (nSPS) is 9.91. The van der Waals surface area contributed by atoms with Crippen LogP contribution in [0.15, 0.2) is 38.2 Å². The van der Waals surface area contributed by atoms with Gasteiger partial charge in [0.25, 0.3) is 0 Å². The number of hydrogen-bond acceptors (Lipinski definition) is 3. The average Bonchev–Trinajstić information content (AvgIpc) is 2.03. The first-order valence-electron chi connectivity index (χ1n) is 2.92. The van der Waals surface area contributed by atoms with Crippen LogP contribution in [0.25, 0.3) is 0 Å². The quantitative estimate of drug-likeness (QED) is 0.369. The van der Waals surface area contributed by atoms with Crippen molar-refractivity contribution < 1.29 is 14.6 Å². The standard InChI is InChI=1S/C8H10O3/c1-4-8(10,5-2)7(9)11-6-3/h4-6,10H,1-3H2. The zero-order valence-corrected chi connectivity index (χ0v) is 6.12. The van der Waals surface area contributed by atoms with Crippen molar-refractivity contribution in [3.63, 3.8) is 0 Å². The van der Waals surface area contributed by atoms with Gasteiger partial charge in [0.1, 0.15) is 0 Å². The number of rotatable bonds is 4. The van der Waals surface area contributed by atoms with E-state index in [2.05, 4.69) is 24.5 Å². The molecule has 3 nitrogen and oxygen atoms in total. The summed E-state index contributed by atoms with van der Waals surface area (Å²) in [5.41, 5.74) is -1.81. The molecule has 0 aliphatic heterocycles. The second-order valence-corrected chi connectivity index (χ2v) is 1.81. The van der Waals surface area contributed by atoms with Crippen molar-refractivity contribution in [2.24, 2.45) is 0 Å². The lowest BCUT2D eigenvalue weighted by molar-refractivity contribution is -0.150. The maximum atomic E-state index is 10.8. The molecule has 0 saturated carbocycles. The zero-order valence-electron chi connectivity index (χ0n) is 6.12. The number of carbonyl (C=O) groups excluding carboxylic acids is 1. The highest BCUT2D eigenvalue weighted by molar-refractivity contribution is 5.84. The number of ether oxygens (including phenoxy) is 1. The Morgan fingerprint density at radius 2 is 1.82 bits per heavy atom. The van der Waals surface area contributed by atoms with Crippen LogP contribution in [0.1, 0.15) is 0 Å². The molecule has 0 fully saturated rings. The van der Waals surface area contributed by atoms with E-state index >= 15 is 0 Å². The van der Waals surface area contributed by atoms with Crippen LogP contribution in [0, 0.1) is 0 Å². The molecule has 60 valence electrons. The van der Waals surface area contributed by atoms with Gasteiger partial charge in [-0.15, -0.1) is 0 Å². The van der Waals surface area contributed by atoms with Gasteiger partial charge in [-0.2, -0.15) is 0 Å². The molecule has 0 atom stereocenters. The van der Waals surface area contributed by atoms with Crippen LogP contribution >= 0.6 is 0 Å². The molecule has 0 aliphatic rings. The van der Waals surface area contributed by atoms with Crippen LogP contribution in [0.3, 0.4) is 0 Å².